The van der Waals surface area contributed by atoms with Gasteiger partial charge in [0.2, 0.25) is 5.91 Å². The highest BCUT2D eigenvalue weighted by molar-refractivity contribution is 7.14. The number of piperazine rings is 1. The summed E-state index contributed by atoms with van der Waals surface area (Å²) in [4.78, 5) is 26.3. The van der Waals surface area contributed by atoms with E-state index in [1.54, 1.807) is 6.20 Å². The molecule has 3 aromatic rings. The van der Waals surface area contributed by atoms with E-state index in [1.165, 1.54) is 11.3 Å². The molecule has 5 heterocycles. The number of pyridine rings is 2. The summed E-state index contributed by atoms with van der Waals surface area (Å²) in [7, 11) is 2.14. The summed E-state index contributed by atoms with van der Waals surface area (Å²) in [5.74, 6) is 0.165. The average Bonchev–Trinajstić information content (AvgIpc) is 3.36. The first kappa shape index (κ1) is 16.7. The van der Waals surface area contributed by atoms with Crippen molar-refractivity contribution < 1.29 is 4.79 Å². The van der Waals surface area contributed by atoms with Crippen molar-refractivity contribution in [2.45, 2.75) is 31.8 Å². The van der Waals surface area contributed by atoms with Crippen LogP contribution in [-0.2, 0) is 11.2 Å². The molecule has 2 aliphatic heterocycles. The van der Waals surface area contributed by atoms with Crippen molar-refractivity contribution in [2.75, 3.05) is 20.1 Å². The normalized spacial score (nSPS) is 22.1. The highest BCUT2D eigenvalue weighted by atomic mass is 32.1. The number of hydrogen-bond acceptors (Lipinski definition) is 7. The molecular weight excluding hydrogens is 360 g/mol. The van der Waals surface area contributed by atoms with Crippen LogP contribution in [0, 0.1) is 6.92 Å². The van der Waals surface area contributed by atoms with Gasteiger partial charge in [-0.2, -0.15) is 0 Å². The Morgan fingerprint density at radius 2 is 2.15 bits per heavy atom. The molecule has 0 N–H and O–H groups in total. The van der Waals surface area contributed by atoms with Crippen LogP contribution in [0.2, 0.25) is 0 Å². The summed E-state index contributed by atoms with van der Waals surface area (Å²) in [6.07, 6.45) is 3.22. The molecule has 0 saturated carbocycles. The zero-order chi connectivity index (χ0) is 18.5. The van der Waals surface area contributed by atoms with Gasteiger partial charge in [0.25, 0.3) is 0 Å². The van der Waals surface area contributed by atoms with Crippen LogP contribution in [0.25, 0.3) is 21.6 Å². The van der Waals surface area contributed by atoms with Crippen LogP contribution in [0.1, 0.15) is 17.1 Å². The van der Waals surface area contributed by atoms with E-state index in [2.05, 4.69) is 27.1 Å². The predicted molar refractivity (Wildman–Crippen MR) is 103 cm³/mol. The topological polar surface area (TPSA) is 75.1 Å². The SMILES string of the molecule is Cc1nnc(-c2ccc3cnc(CC(=O)N4C[C@H]5C[C@@H]4CN5C)cc3n2)s1. The van der Waals surface area contributed by atoms with Gasteiger partial charge >= 0.3 is 0 Å². The van der Waals surface area contributed by atoms with Gasteiger partial charge in [-0.05, 0) is 38.6 Å². The molecule has 0 spiro atoms. The van der Waals surface area contributed by atoms with E-state index in [-0.39, 0.29) is 5.91 Å². The molecule has 27 heavy (non-hydrogen) atoms. The van der Waals surface area contributed by atoms with Gasteiger partial charge in [-0.3, -0.25) is 14.7 Å². The van der Waals surface area contributed by atoms with Crippen LogP contribution in [0.15, 0.2) is 24.4 Å². The Kier molecular flexibility index (Phi) is 3.91. The van der Waals surface area contributed by atoms with E-state index in [9.17, 15) is 4.79 Å². The second-order valence-corrected chi connectivity index (χ2v) is 8.58. The van der Waals surface area contributed by atoms with Crippen LogP contribution in [0.5, 0.6) is 0 Å². The van der Waals surface area contributed by atoms with Gasteiger partial charge in [-0.25, -0.2) is 4.98 Å². The Morgan fingerprint density at radius 1 is 1.26 bits per heavy atom. The lowest BCUT2D eigenvalue weighted by Crippen LogP contribution is -2.47. The molecular formula is C19H20N6OS. The zero-order valence-corrected chi connectivity index (χ0v) is 16.1. The van der Waals surface area contributed by atoms with Crippen molar-refractivity contribution in [3.05, 3.63) is 35.1 Å². The molecule has 5 rings (SSSR count). The van der Waals surface area contributed by atoms with Crippen LogP contribution in [0.4, 0.5) is 0 Å². The van der Waals surface area contributed by atoms with Crippen molar-refractivity contribution in [3.63, 3.8) is 0 Å². The van der Waals surface area contributed by atoms with E-state index >= 15 is 0 Å². The number of likely N-dealkylation sites (N-methyl/N-ethyl adjacent to an activating group) is 1. The maximum atomic E-state index is 12.8. The van der Waals surface area contributed by atoms with Crippen molar-refractivity contribution in [2.24, 2.45) is 0 Å². The third-order valence-electron chi connectivity index (χ3n) is 5.54. The molecule has 0 aromatic carbocycles. The van der Waals surface area contributed by atoms with E-state index < -0.39 is 0 Å². The van der Waals surface area contributed by atoms with Crippen molar-refractivity contribution in [1.29, 1.82) is 0 Å². The maximum absolute atomic E-state index is 12.8. The summed E-state index contributed by atoms with van der Waals surface area (Å²) >= 11 is 1.52. The monoisotopic (exact) mass is 380 g/mol. The van der Waals surface area contributed by atoms with E-state index in [0.717, 1.165) is 51.8 Å². The molecule has 138 valence electrons. The third kappa shape index (κ3) is 2.98. The Labute approximate surface area is 161 Å². The molecule has 7 nitrogen and oxygen atoms in total. The molecule has 2 aliphatic rings. The Balaban J connectivity index is 1.38. The number of aromatic nitrogens is 4. The molecule has 0 aliphatic carbocycles. The fraction of sp³-hybridized carbons (Fsp3) is 0.421. The summed E-state index contributed by atoms with van der Waals surface area (Å²) in [6.45, 7) is 3.75. The lowest BCUT2D eigenvalue weighted by molar-refractivity contribution is -0.132. The van der Waals surface area contributed by atoms with Crippen molar-refractivity contribution >= 4 is 28.1 Å². The minimum atomic E-state index is 0.165. The fourth-order valence-electron chi connectivity index (χ4n) is 4.10. The average molecular weight is 380 g/mol. The summed E-state index contributed by atoms with van der Waals surface area (Å²) < 4.78 is 0. The lowest BCUT2D eigenvalue weighted by Gasteiger charge is -2.32. The first-order valence-electron chi connectivity index (χ1n) is 9.13. The van der Waals surface area contributed by atoms with Gasteiger partial charge < -0.3 is 4.90 Å². The highest BCUT2D eigenvalue weighted by Gasteiger charge is 2.43. The molecule has 2 saturated heterocycles. The van der Waals surface area contributed by atoms with Crippen molar-refractivity contribution in [3.8, 4) is 10.7 Å². The van der Waals surface area contributed by atoms with E-state index in [1.807, 2.05) is 30.0 Å². The Hall–Kier alpha value is -2.45. The molecule has 0 radical (unpaired) electrons. The minimum absolute atomic E-state index is 0.165. The molecule has 2 fully saturated rings. The van der Waals surface area contributed by atoms with Crippen LogP contribution >= 0.6 is 11.3 Å². The summed E-state index contributed by atoms with van der Waals surface area (Å²) in [6, 6.07) is 6.72. The zero-order valence-electron chi connectivity index (χ0n) is 15.3. The Morgan fingerprint density at radius 3 is 2.85 bits per heavy atom. The lowest BCUT2D eigenvalue weighted by atomic mass is 10.1. The van der Waals surface area contributed by atoms with Gasteiger partial charge in [0.05, 0.1) is 17.6 Å². The number of carbonyl (C=O) groups excluding carboxylic acids is 1. The van der Waals surface area contributed by atoms with E-state index in [0.29, 0.717) is 18.5 Å². The van der Waals surface area contributed by atoms with E-state index in [4.69, 9.17) is 4.98 Å². The molecule has 3 aromatic heterocycles. The Bertz CT molecular complexity index is 1030. The first-order valence-corrected chi connectivity index (χ1v) is 9.94. The van der Waals surface area contributed by atoms with Gasteiger partial charge in [0.15, 0.2) is 5.01 Å². The van der Waals surface area contributed by atoms with Crippen LogP contribution < -0.4 is 0 Å². The second-order valence-electron chi connectivity index (χ2n) is 7.40. The smallest absolute Gasteiger partial charge is 0.228 e. The number of fused-ring (bicyclic) bond motifs is 3. The summed E-state index contributed by atoms with van der Waals surface area (Å²) in [5, 5.41) is 10.9. The number of likely N-dealkylation sites (tertiary alicyclic amines) is 2. The first-order chi connectivity index (χ1) is 13.1. The minimum Gasteiger partial charge on any atom is -0.336 e. The summed E-state index contributed by atoms with van der Waals surface area (Å²) in [5.41, 5.74) is 2.40. The number of rotatable bonds is 3. The number of aryl methyl sites for hydroxylation is 1. The molecule has 1 amide bonds. The van der Waals surface area contributed by atoms with Crippen LogP contribution in [-0.4, -0.2) is 68.1 Å². The largest absolute Gasteiger partial charge is 0.336 e. The highest BCUT2D eigenvalue weighted by Crippen LogP contribution is 2.30. The third-order valence-corrected chi connectivity index (χ3v) is 6.40. The van der Waals surface area contributed by atoms with Gasteiger partial charge in [-0.1, -0.05) is 11.3 Å². The number of nitrogens with zero attached hydrogens (tertiary/aromatic N) is 6. The molecule has 2 atom stereocenters. The number of hydrogen-bond donors (Lipinski definition) is 0. The molecule has 8 heteroatoms. The number of amides is 1. The number of carbonyl (C=O) groups is 1. The van der Waals surface area contributed by atoms with Crippen LogP contribution in [0.3, 0.4) is 0 Å². The van der Waals surface area contributed by atoms with Crippen molar-refractivity contribution in [1.82, 2.24) is 30.0 Å². The maximum Gasteiger partial charge on any atom is 0.228 e. The molecule has 0 unspecified atom stereocenters. The standard InChI is InChI=1S/C19H20N6OS/c1-11-22-23-19(27-11)16-4-3-12-8-20-13(5-17(12)21-16)6-18(26)25-10-14-7-15(25)9-24(14)2/h3-5,8,14-15H,6-7,9-10H2,1-2H3/t14-,15-/m1/s1. The van der Waals surface area contributed by atoms with Gasteiger partial charge in [0.1, 0.15) is 10.7 Å². The quantitative estimate of drug-likeness (QED) is 0.691. The van der Waals surface area contributed by atoms with Gasteiger partial charge in [-0.15, -0.1) is 10.2 Å². The molecule has 2 bridgehead atoms. The second kappa shape index (κ2) is 6.31. The van der Waals surface area contributed by atoms with Gasteiger partial charge in [0, 0.05) is 36.8 Å². The fourth-order valence-corrected chi connectivity index (χ4v) is 4.76. The predicted octanol–water partition coefficient (Wildman–Crippen LogP) is 1.91.